The summed E-state index contributed by atoms with van der Waals surface area (Å²) in [6, 6.07) is 5.86. The smallest absolute Gasteiger partial charge is 0.183 e. The van der Waals surface area contributed by atoms with Crippen LogP contribution in [0.15, 0.2) is 34.2 Å². The number of nitrogens with zero attached hydrogens (tertiary/aromatic N) is 2. The number of hydrogen-bond acceptors (Lipinski definition) is 3. The predicted molar refractivity (Wildman–Crippen MR) is 65.1 cm³/mol. The minimum Gasteiger partial charge on any atom is -0.254 e. The fraction of sp³-hybridized carbons (Fsp3) is 0.111. The molecule has 1 aromatic heterocycles. The molecule has 0 aliphatic carbocycles. The highest BCUT2D eigenvalue weighted by Crippen LogP contribution is 2.26. The summed E-state index contributed by atoms with van der Waals surface area (Å²) >= 11 is 11.0. The van der Waals surface area contributed by atoms with Crippen LogP contribution in [0.25, 0.3) is 0 Å². The Bertz CT molecular complexity index is 447. The van der Waals surface area contributed by atoms with Gasteiger partial charge in [0, 0.05) is 15.2 Å². The van der Waals surface area contributed by atoms with Crippen LogP contribution < -0.4 is 0 Å². The van der Waals surface area contributed by atoms with Crippen LogP contribution in [0.2, 0.25) is 5.02 Å². The van der Waals surface area contributed by atoms with Gasteiger partial charge < -0.3 is 0 Å². The van der Waals surface area contributed by atoms with Gasteiger partial charge in [-0.1, -0.05) is 45.4 Å². The molecule has 0 aliphatic rings. The molecule has 1 heterocycles. The lowest BCUT2D eigenvalue weighted by Crippen LogP contribution is -1.84. The van der Waals surface area contributed by atoms with Crippen molar-refractivity contribution in [2.45, 2.75) is 10.9 Å². The van der Waals surface area contributed by atoms with Gasteiger partial charge in [-0.15, -0.1) is 0 Å². The van der Waals surface area contributed by atoms with Crippen LogP contribution in [0.5, 0.6) is 0 Å². The van der Waals surface area contributed by atoms with Gasteiger partial charge in [0.15, 0.2) is 5.16 Å². The summed E-state index contributed by atoms with van der Waals surface area (Å²) in [5.41, 5.74) is 1.08. The van der Waals surface area contributed by atoms with E-state index in [0.717, 1.165) is 26.0 Å². The summed E-state index contributed by atoms with van der Waals surface area (Å²) in [4.78, 5) is 4.02. The van der Waals surface area contributed by atoms with E-state index >= 15 is 0 Å². The lowest BCUT2D eigenvalue weighted by atomic mass is 10.2. The second-order valence-electron chi connectivity index (χ2n) is 2.82. The zero-order valence-corrected chi connectivity index (χ0v) is 10.7. The van der Waals surface area contributed by atoms with Gasteiger partial charge in [-0.25, -0.2) is 4.98 Å². The van der Waals surface area contributed by atoms with Gasteiger partial charge in [0.05, 0.1) is 0 Å². The van der Waals surface area contributed by atoms with Crippen LogP contribution in [0.1, 0.15) is 5.56 Å². The number of nitrogens with one attached hydrogen (secondary N) is 1. The third kappa shape index (κ3) is 2.96. The van der Waals surface area contributed by atoms with Crippen molar-refractivity contribution in [1.29, 1.82) is 0 Å². The van der Waals surface area contributed by atoms with E-state index in [0.29, 0.717) is 0 Å². The highest BCUT2D eigenvalue weighted by molar-refractivity contribution is 9.10. The third-order valence-electron chi connectivity index (χ3n) is 1.77. The fourth-order valence-electron chi connectivity index (χ4n) is 1.05. The lowest BCUT2D eigenvalue weighted by molar-refractivity contribution is 0.973. The predicted octanol–water partition coefficient (Wildman–Crippen LogP) is 3.51. The number of thioether (sulfide) groups is 1. The van der Waals surface area contributed by atoms with Crippen molar-refractivity contribution in [2.24, 2.45) is 0 Å². The van der Waals surface area contributed by atoms with E-state index in [-0.39, 0.29) is 0 Å². The molecule has 0 aliphatic heterocycles. The summed E-state index contributed by atoms with van der Waals surface area (Å²) < 4.78 is 0.987. The first-order valence-electron chi connectivity index (χ1n) is 4.18. The fourth-order valence-corrected chi connectivity index (χ4v) is 2.65. The number of rotatable bonds is 3. The minimum absolute atomic E-state index is 0.761. The Morgan fingerprint density at radius 2 is 2.33 bits per heavy atom. The molecule has 0 atom stereocenters. The van der Waals surface area contributed by atoms with Crippen molar-refractivity contribution in [3.8, 4) is 0 Å². The SMILES string of the molecule is Clc1cc(Br)ccc1CSc1ncn[nH]1. The Morgan fingerprint density at radius 1 is 1.47 bits per heavy atom. The summed E-state index contributed by atoms with van der Waals surface area (Å²) in [7, 11) is 0. The van der Waals surface area contributed by atoms with Crippen molar-refractivity contribution < 1.29 is 0 Å². The Morgan fingerprint density at radius 3 is 3.00 bits per heavy atom. The van der Waals surface area contributed by atoms with E-state index in [1.807, 2.05) is 18.2 Å². The molecular weight excluding hydrogens is 298 g/mol. The minimum atomic E-state index is 0.761. The standard InChI is InChI=1S/C9H7BrClN3S/c10-7-2-1-6(8(11)3-7)4-15-9-12-5-13-14-9/h1-3,5H,4H2,(H,12,13,14). The van der Waals surface area contributed by atoms with Crippen LogP contribution in [0.3, 0.4) is 0 Å². The lowest BCUT2D eigenvalue weighted by Gasteiger charge is -2.02. The van der Waals surface area contributed by atoms with Gasteiger partial charge in [-0.05, 0) is 17.7 Å². The van der Waals surface area contributed by atoms with Crippen molar-refractivity contribution in [3.05, 3.63) is 39.6 Å². The molecule has 6 heteroatoms. The molecule has 0 unspecified atom stereocenters. The van der Waals surface area contributed by atoms with Crippen LogP contribution in [-0.4, -0.2) is 15.2 Å². The Labute approximate surface area is 105 Å². The van der Waals surface area contributed by atoms with Crippen LogP contribution in [0.4, 0.5) is 0 Å². The van der Waals surface area contributed by atoms with E-state index in [2.05, 4.69) is 31.1 Å². The molecule has 2 aromatic rings. The van der Waals surface area contributed by atoms with Crippen molar-refractivity contribution in [2.75, 3.05) is 0 Å². The normalized spacial score (nSPS) is 10.5. The number of aromatic nitrogens is 3. The monoisotopic (exact) mass is 303 g/mol. The summed E-state index contributed by atoms with van der Waals surface area (Å²) in [5.74, 6) is 0.779. The molecule has 0 bridgehead atoms. The quantitative estimate of drug-likeness (QED) is 0.882. The molecule has 3 nitrogen and oxygen atoms in total. The highest BCUT2D eigenvalue weighted by atomic mass is 79.9. The van der Waals surface area contributed by atoms with Gasteiger partial charge >= 0.3 is 0 Å². The number of halogens is 2. The maximum absolute atomic E-state index is 6.08. The van der Waals surface area contributed by atoms with Gasteiger partial charge in [0.25, 0.3) is 0 Å². The van der Waals surface area contributed by atoms with Gasteiger partial charge in [-0.3, -0.25) is 5.10 Å². The average Bonchev–Trinajstić information content (AvgIpc) is 2.69. The molecule has 0 radical (unpaired) electrons. The molecule has 0 saturated carbocycles. The first-order valence-corrected chi connectivity index (χ1v) is 6.33. The molecule has 0 fully saturated rings. The van der Waals surface area contributed by atoms with Crippen molar-refractivity contribution in [3.63, 3.8) is 0 Å². The van der Waals surface area contributed by atoms with Crippen LogP contribution >= 0.6 is 39.3 Å². The molecule has 1 aromatic carbocycles. The van der Waals surface area contributed by atoms with E-state index in [1.165, 1.54) is 6.33 Å². The Hall–Kier alpha value is -0.520. The Balaban J connectivity index is 2.05. The van der Waals surface area contributed by atoms with Gasteiger partial charge in [0.2, 0.25) is 0 Å². The molecule has 1 N–H and O–H groups in total. The zero-order valence-electron chi connectivity index (χ0n) is 7.58. The number of benzene rings is 1. The zero-order chi connectivity index (χ0) is 10.7. The van der Waals surface area contributed by atoms with Crippen LogP contribution in [-0.2, 0) is 5.75 Å². The largest absolute Gasteiger partial charge is 0.254 e. The molecule has 0 amide bonds. The number of hydrogen-bond donors (Lipinski definition) is 1. The topological polar surface area (TPSA) is 41.6 Å². The number of aromatic amines is 1. The summed E-state index contributed by atoms with van der Waals surface area (Å²) in [6.45, 7) is 0. The molecule has 0 spiro atoms. The molecule has 0 saturated heterocycles. The highest BCUT2D eigenvalue weighted by Gasteiger charge is 2.03. The van der Waals surface area contributed by atoms with E-state index < -0.39 is 0 Å². The van der Waals surface area contributed by atoms with E-state index in [4.69, 9.17) is 11.6 Å². The molecular formula is C9H7BrClN3S. The third-order valence-corrected chi connectivity index (χ3v) is 3.54. The molecule has 78 valence electrons. The average molecular weight is 305 g/mol. The van der Waals surface area contributed by atoms with Crippen molar-refractivity contribution in [1.82, 2.24) is 15.2 Å². The van der Waals surface area contributed by atoms with Crippen molar-refractivity contribution >= 4 is 39.3 Å². The Kier molecular flexibility index (Phi) is 3.66. The van der Waals surface area contributed by atoms with Crippen LogP contribution in [0, 0.1) is 0 Å². The summed E-state index contributed by atoms with van der Waals surface area (Å²) in [6.07, 6.45) is 1.49. The van der Waals surface area contributed by atoms with Gasteiger partial charge in [0.1, 0.15) is 6.33 Å². The first-order chi connectivity index (χ1) is 7.25. The summed E-state index contributed by atoms with van der Waals surface area (Å²) in [5, 5.41) is 8.12. The molecule has 15 heavy (non-hydrogen) atoms. The maximum Gasteiger partial charge on any atom is 0.183 e. The maximum atomic E-state index is 6.08. The number of H-pyrrole nitrogens is 1. The second kappa shape index (κ2) is 5.01. The van der Waals surface area contributed by atoms with E-state index in [9.17, 15) is 0 Å². The first kappa shape index (κ1) is 11.0. The van der Waals surface area contributed by atoms with Gasteiger partial charge in [-0.2, -0.15) is 5.10 Å². The second-order valence-corrected chi connectivity index (χ2v) is 5.10. The van der Waals surface area contributed by atoms with E-state index in [1.54, 1.807) is 11.8 Å². The molecule has 2 rings (SSSR count).